The third-order valence-electron chi connectivity index (χ3n) is 2.42. The van der Waals surface area contributed by atoms with Crippen molar-refractivity contribution in [2.45, 2.75) is 25.0 Å². The van der Waals surface area contributed by atoms with Gasteiger partial charge in [-0.25, -0.2) is 0 Å². The van der Waals surface area contributed by atoms with Gasteiger partial charge in [-0.3, -0.25) is 4.99 Å². The zero-order chi connectivity index (χ0) is 11.6. The van der Waals surface area contributed by atoms with Gasteiger partial charge in [-0.1, -0.05) is 0 Å². The maximum Gasteiger partial charge on any atom is 0.191 e. The van der Waals surface area contributed by atoms with E-state index in [4.69, 9.17) is 0 Å². The van der Waals surface area contributed by atoms with Gasteiger partial charge in [-0.2, -0.15) is 23.5 Å². The Morgan fingerprint density at radius 3 is 2.88 bits per heavy atom. The maximum absolute atomic E-state index is 4.63. The fourth-order valence-corrected chi connectivity index (χ4v) is 3.08. The summed E-state index contributed by atoms with van der Waals surface area (Å²) in [4.78, 5) is 4.63. The fourth-order valence-electron chi connectivity index (χ4n) is 1.59. The highest BCUT2D eigenvalue weighted by molar-refractivity contribution is 14.0. The first-order valence-electron chi connectivity index (χ1n) is 5.99. The van der Waals surface area contributed by atoms with Crippen LogP contribution in [-0.2, 0) is 0 Å². The van der Waals surface area contributed by atoms with Crippen LogP contribution in [0, 0.1) is 0 Å². The minimum absolute atomic E-state index is 0. The summed E-state index contributed by atoms with van der Waals surface area (Å²) < 4.78 is 0. The Morgan fingerprint density at radius 1 is 1.47 bits per heavy atom. The molecule has 0 aromatic heterocycles. The lowest BCUT2D eigenvalue weighted by molar-refractivity contribution is 0.770. The number of nitrogens with zero attached hydrogens (tertiary/aromatic N) is 1. The molecule has 6 heteroatoms. The number of hydrogen-bond donors (Lipinski definition) is 2. The highest BCUT2D eigenvalue weighted by Gasteiger charge is 2.14. The topological polar surface area (TPSA) is 36.4 Å². The van der Waals surface area contributed by atoms with Gasteiger partial charge in [-0.05, 0) is 31.8 Å². The third kappa shape index (κ3) is 8.42. The number of nitrogens with one attached hydrogen (secondary N) is 2. The van der Waals surface area contributed by atoms with Gasteiger partial charge in [0.25, 0.3) is 0 Å². The monoisotopic (exact) mass is 389 g/mol. The van der Waals surface area contributed by atoms with Crippen LogP contribution in [0.3, 0.4) is 0 Å². The second-order valence-electron chi connectivity index (χ2n) is 3.77. The van der Waals surface area contributed by atoms with Crippen molar-refractivity contribution in [1.29, 1.82) is 0 Å². The Hall–Kier alpha value is 0.700. The summed E-state index contributed by atoms with van der Waals surface area (Å²) in [6, 6.07) is 0. The molecule has 1 atom stereocenters. The number of rotatable bonds is 6. The number of halogens is 1. The van der Waals surface area contributed by atoms with E-state index in [0.717, 1.165) is 36.6 Å². The van der Waals surface area contributed by atoms with Gasteiger partial charge in [0.05, 0.1) is 6.54 Å². The molecule has 1 aliphatic rings. The normalized spacial score (nSPS) is 19.9. The van der Waals surface area contributed by atoms with Crippen LogP contribution in [0.15, 0.2) is 4.99 Å². The van der Waals surface area contributed by atoms with E-state index in [9.17, 15) is 0 Å². The molecule has 0 spiro atoms. The van der Waals surface area contributed by atoms with E-state index in [1.165, 1.54) is 18.6 Å². The van der Waals surface area contributed by atoms with E-state index < -0.39 is 0 Å². The standard InChI is InChI=1S/C11H23N3S2.HI/c1-3-12-11(13-6-8-15-2)14-9-10-5-4-7-16-10;/h10H,3-9H2,1-2H3,(H2,12,13,14);1H. The second kappa shape index (κ2) is 11.8. The van der Waals surface area contributed by atoms with Crippen LogP contribution in [0.4, 0.5) is 0 Å². The van der Waals surface area contributed by atoms with Crippen LogP contribution < -0.4 is 10.6 Å². The summed E-state index contributed by atoms with van der Waals surface area (Å²) >= 11 is 3.92. The predicted molar refractivity (Wildman–Crippen MR) is 93.3 cm³/mol. The average Bonchev–Trinajstić information content (AvgIpc) is 2.79. The average molecular weight is 389 g/mol. The molecule has 0 aliphatic carbocycles. The Kier molecular flexibility index (Phi) is 12.3. The Bertz CT molecular complexity index is 209. The summed E-state index contributed by atoms with van der Waals surface area (Å²) in [6.45, 7) is 4.99. The Labute approximate surface area is 131 Å². The molecule has 0 radical (unpaired) electrons. The van der Waals surface area contributed by atoms with Crippen molar-refractivity contribution in [3.63, 3.8) is 0 Å². The molecule has 17 heavy (non-hydrogen) atoms. The third-order valence-corrected chi connectivity index (χ3v) is 4.41. The molecule has 0 aromatic rings. The summed E-state index contributed by atoms with van der Waals surface area (Å²) in [5, 5.41) is 7.39. The summed E-state index contributed by atoms with van der Waals surface area (Å²) in [5.41, 5.74) is 0. The molecule has 1 saturated heterocycles. The van der Waals surface area contributed by atoms with Crippen LogP contribution in [0.1, 0.15) is 19.8 Å². The molecule has 0 aromatic carbocycles. The second-order valence-corrected chi connectivity index (χ2v) is 6.17. The number of hydrogen-bond acceptors (Lipinski definition) is 3. The SMILES string of the molecule is CCNC(=NCC1CCCS1)NCCSC.I. The summed E-state index contributed by atoms with van der Waals surface area (Å²) in [5.74, 6) is 3.42. The van der Waals surface area contributed by atoms with Crippen LogP contribution in [0.25, 0.3) is 0 Å². The van der Waals surface area contributed by atoms with E-state index in [2.05, 4.69) is 40.6 Å². The highest BCUT2D eigenvalue weighted by atomic mass is 127. The van der Waals surface area contributed by atoms with Crippen molar-refractivity contribution < 1.29 is 0 Å². The van der Waals surface area contributed by atoms with Gasteiger partial charge in [0, 0.05) is 24.1 Å². The van der Waals surface area contributed by atoms with E-state index in [0.29, 0.717) is 0 Å². The Balaban J connectivity index is 0.00000256. The zero-order valence-electron chi connectivity index (χ0n) is 10.7. The van der Waals surface area contributed by atoms with Crippen molar-refractivity contribution in [3.8, 4) is 0 Å². The quantitative estimate of drug-likeness (QED) is 0.317. The Morgan fingerprint density at radius 2 is 2.29 bits per heavy atom. The van der Waals surface area contributed by atoms with Crippen LogP contribution in [0.2, 0.25) is 0 Å². The first-order chi connectivity index (χ1) is 7.86. The van der Waals surface area contributed by atoms with E-state index in [1.54, 1.807) is 0 Å². The van der Waals surface area contributed by atoms with Crippen LogP contribution in [-0.4, -0.2) is 48.6 Å². The van der Waals surface area contributed by atoms with E-state index in [1.807, 2.05) is 11.8 Å². The fraction of sp³-hybridized carbons (Fsp3) is 0.909. The summed E-state index contributed by atoms with van der Waals surface area (Å²) in [7, 11) is 0. The van der Waals surface area contributed by atoms with E-state index >= 15 is 0 Å². The van der Waals surface area contributed by atoms with Gasteiger partial charge >= 0.3 is 0 Å². The number of thioether (sulfide) groups is 2. The maximum atomic E-state index is 4.63. The first-order valence-corrected chi connectivity index (χ1v) is 8.43. The minimum Gasteiger partial charge on any atom is -0.357 e. The van der Waals surface area contributed by atoms with Crippen molar-refractivity contribution >= 4 is 53.5 Å². The molecule has 1 heterocycles. The minimum atomic E-state index is 0. The number of aliphatic imine (C=N–C) groups is 1. The van der Waals surface area contributed by atoms with Crippen LogP contribution >= 0.6 is 47.5 Å². The molecule has 0 bridgehead atoms. The molecule has 1 fully saturated rings. The lowest BCUT2D eigenvalue weighted by Gasteiger charge is -2.12. The molecule has 1 unspecified atom stereocenters. The van der Waals surface area contributed by atoms with Gasteiger partial charge in [0.2, 0.25) is 0 Å². The van der Waals surface area contributed by atoms with Crippen molar-refractivity contribution in [1.82, 2.24) is 10.6 Å². The van der Waals surface area contributed by atoms with Gasteiger partial charge in [0.15, 0.2) is 5.96 Å². The summed E-state index contributed by atoms with van der Waals surface area (Å²) in [6.07, 6.45) is 4.82. The molecule has 102 valence electrons. The van der Waals surface area contributed by atoms with Gasteiger partial charge < -0.3 is 10.6 Å². The van der Waals surface area contributed by atoms with Crippen molar-refractivity contribution in [2.75, 3.05) is 37.4 Å². The highest BCUT2D eigenvalue weighted by Crippen LogP contribution is 2.25. The van der Waals surface area contributed by atoms with Crippen LogP contribution in [0.5, 0.6) is 0 Å². The molecule has 3 nitrogen and oxygen atoms in total. The lowest BCUT2D eigenvalue weighted by atomic mass is 10.2. The lowest BCUT2D eigenvalue weighted by Crippen LogP contribution is -2.38. The van der Waals surface area contributed by atoms with E-state index in [-0.39, 0.29) is 24.0 Å². The molecule has 0 amide bonds. The number of guanidine groups is 1. The van der Waals surface area contributed by atoms with Gasteiger partial charge in [-0.15, -0.1) is 24.0 Å². The molecule has 2 N–H and O–H groups in total. The molecule has 0 saturated carbocycles. The molecular formula is C11H24IN3S2. The molecule has 1 rings (SSSR count). The van der Waals surface area contributed by atoms with Crippen molar-refractivity contribution in [2.24, 2.45) is 4.99 Å². The smallest absolute Gasteiger partial charge is 0.191 e. The largest absolute Gasteiger partial charge is 0.357 e. The first kappa shape index (κ1) is 17.7. The molecule has 1 aliphatic heterocycles. The van der Waals surface area contributed by atoms with Gasteiger partial charge in [0.1, 0.15) is 0 Å². The van der Waals surface area contributed by atoms with Crippen molar-refractivity contribution in [3.05, 3.63) is 0 Å². The predicted octanol–water partition coefficient (Wildman–Crippen LogP) is 2.42. The molecular weight excluding hydrogens is 365 g/mol. The zero-order valence-corrected chi connectivity index (χ0v) is 14.7.